The van der Waals surface area contributed by atoms with Crippen LogP contribution in [0.15, 0.2) is 53.4 Å². The first-order valence-corrected chi connectivity index (χ1v) is 13.7. The van der Waals surface area contributed by atoms with Crippen molar-refractivity contribution >= 4 is 68.0 Å². The van der Waals surface area contributed by atoms with E-state index < -0.39 is 27.9 Å². The average molecular weight is 601 g/mol. The quantitative estimate of drug-likeness (QED) is 0.236. The first kappa shape index (κ1) is 29.5. The lowest BCUT2D eigenvalue weighted by Crippen LogP contribution is -2.43. The van der Waals surface area contributed by atoms with Crippen LogP contribution in [0.3, 0.4) is 0 Å². The van der Waals surface area contributed by atoms with Gasteiger partial charge in [0.05, 0.1) is 44.0 Å². The number of halogens is 3. The van der Waals surface area contributed by atoms with Gasteiger partial charge < -0.3 is 20.5 Å². The molecular weight excluding hydrogens is 577 g/mol. The number of rotatable bonds is 9. The van der Waals surface area contributed by atoms with E-state index in [0.717, 1.165) is 11.6 Å². The maximum atomic E-state index is 12.9. The number of amides is 2. The van der Waals surface area contributed by atoms with E-state index >= 15 is 0 Å². The van der Waals surface area contributed by atoms with Crippen molar-refractivity contribution in [1.29, 1.82) is 0 Å². The van der Waals surface area contributed by atoms with E-state index in [2.05, 4.69) is 15.4 Å². The van der Waals surface area contributed by atoms with Crippen molar-refractivity contribution in [2.45, 2.75) is 31.2 Å². The van der Waals surface area contributed by atoms with Gasteiger partial charge in [-0.3, -0.25) is 9.59 Å². The number of anilines is 2. The molecule has 0 heterocycles. The second-order valence-electron chi connectivity index (χ2n) is 8.15. The minimum absolute atomic E-state index is 0.00525. The highest BCUT2D eigenvalue weighted by molar-refractivity contribution is 7.89. The van der Waals surface area contributed by atoms with Gasteiger partial charge in [-0.25, -0.2) is 8.42 Å². The Kier molecular flexibility index (Phi) is 9.50. The summed E-state index contributed by atoms with van der Waals surface area (Å²) in [7, 11) is -2.72. The van der Waals surface area contributed by atoms with Crippen LogP contribution >= 0.6 is 34.8 Å². The molecule has 0 spiro atoms. The van der Waals surface area contributed by atoms with Gasteiger partial charge in [-0.05, 0) is 55.3 Å². The molecule has 1 atom stereocenters. The summed E-state index contributed by atoms with van der Waals surface area (Å²) in [5, 5.41) is 15.8. The Morgan fingerprint density at radius 1 is 0.947 bits per heavy atom. The molecule has 38 heavy (non-hydrogen) atoms. The molecule has 0 aliphatic carbocycles. The molecule has 0 aliphatic heterocycles. The molecule has 0 radical (unpaired) electrons. The van der Waals surface area contributed by atoms with Crippen LogP contribution in [0.25, 0.3) is 0 Å². The van der Waals surface area contributed by atoms with Crippen molar-refractivity contribution in [2.24, 2.45) is 0 Å². The molecule has 9 nitrogen and oxygen atoms in total. The molecule has 2 amide bonds. The molecule has 0 bridgehead atoms. The predicted octanol–water partition coefficient (Wildman–Crippen LogP) is 5.62. The largest absolute Gasteiger partial charge is 0.506 e. The minimum Gasteiger partial charge on any atom is -0.506 e. The zero-order valence-electron chi connectivity index (χ0n) is 20.4. The number of hydrogen-bond donors (Lipinski definition) is 4. The number of benzene rings is 3. The van der Waals surface area contributed by atoms with Gasteiger partial charge >= 0.3 is 0 Å². The Morgan fingerprint density at radius 3 is 2.26 bits per heavy atom. The summed E-state index contributed by atoms with van der Waals surface area (Å²) in [5.74, 6) is -1.38. The molecule has 13 heteroatoms. The van der Waals surface area contributed by atoms with Crippen molar-refractivity contribution in [3.63, 3.8) is 0 Å². The fourth-order valence-corrected chi connectivity index (χ4v) is 5.52. The van der Waals surface area contributed by atoms with Gasteiger partial charge in [0.1, 0.15) is 17.5 Å². The molecule has 4 N–H and O–H groups in total. The monoisotopic (exact) mass is 599 g/mol. The number of sulfonamides is 1. The molecule has 0 aliphatic rings. The summed E-state index contributed by atoms with van der Waals surface area (Å²) in [6.45, 7) is 3.44. The maximum Gasteiger partial charge on any atom is 0.257 e. The van der Waals surface area contributed by atoms with E-state index in [-0.39, 0.29) is 49.1 Å². The molecule has 1 unspecified atom stereocenters. The Morgan fingerprint density at radius 2 is 1.66 bits per heavy atom. The zero-order valence-corrected chi connectivity index (χ0v) is 23.5. The van der Waals surface area contributed by atoms with Crippen LogP contribution in [0.2, 0.25) is 15.1 Å². The van der Waals surface area contributed by atoms with E-state index in [9.17, 15) is 23.1 Å². The van der Waals surface area contributed by atoms with Crippen LogP contribution < -0.4 is 20.1 Å². The van der Waals surface area contributed by atoms with Crippen molar-refractivity contribution in [3.05, 3.63) is 74.7 Å². The SMILES string of the molecule is CCC(NS(=O)(=O)c1ccc(OC)c(Cl)c1)C(=O)Nc1cc(O)c(NC(=O)c2ccc(C)cc2Cl)cc1Cl. The molecule has 3 aromatic carbocycles. The first-order chi connectivity index (χ1) is 17.9. The van der Waals surface area contributed by atoms with Gasteiger partial charge in [0.2, 0.25) is 15.9 Å². The number of methoxy groups -OCH3 is 1. The van der Waals surface area contributed by atoms with Crippen molar-refractivity contribution in [1.82, 2.24) is 4.72 Å². The topological polar surface area (TPSA) is 134 Å². The third-order valence-corrected chi connectivity index (χ3v) is 7.81. The van der Waals surface area contributed by atoms with Gasteiger partial charge in [-0.2, -0.15) is 4.72 Å². The molecule has 0 fully saturated rings. The highest BCUT2D eigenvalue weighted by Gasteiger charge is 2.26. The third-order valence-electron chi connectivity index (χ3n) is 5.42. The normalized spacial score (nSPS) is 12.1. The van der Waals surface area contributed by atoms with Crippen LogP contribution in [0, 0.1) is 6.92 Å². The highest BCUT2D eigenvalue weighted by atomic mass is 35.5. The standard InChI is InChI=1S/C25H24Cl3N3O6S/c1-4-19(31-38(35,36)14-6-8-23(37-3)18(28)10-14)25(34)29-20-12-22(32)21(11-17(20)27)30-24(33)15-7-5-13(2)9-16(15)26/h5-12,19,31-32H,4H2,1-3H3,(H,29,34)(H,30,33). The summed E-state index contributed by atoms with van der Waals surface area (Å²) in [5.41, 5.74) is 1.06. The van der Waals surface area contributed by atoms with Gasteiger partial charge in [-0.1, -0.05) is 47.8 Å². The Hall–Kier alpha value is -3.02. The lowest BCUT2D eigenvalue weighted by Gasteiger charge is -2.18. The van der Waals surface area contributed by atoms with Crippen LogP contribution in [-0.4, -0.2) is 38.5 Å². The summed E-state index contributed by atoms with van der Waals surface area (Å²) in [4.78, 5) is 25.3. The lowest BCUT2D eigenvalue weighted by molar-refractivity contribution is -0.117. The number of phenols is 1. The first-order valence-electron chi connectivity index (χ1n) is 11.1. The summed E-state index contributed by atoms with van der Waals surface area (Å²) in [6.07, 6.45) is 0.101. The number of nitrogens with one attached hydrogen (secondary N) is 3. The van der Waals surface area contributed by atoms with Crippen LogP contribution in [-0.2, 0) is 14.8 Å². The number of hydrogen-bond acceptors (Lipinski definition) is 6. The predicted molar refractivity (Wildman–Crippen MR) is 148 cm³/mol. The minimum atomic E-state index is -4.12. The van der Waals surface area contributed by atoms with E-state index in [4.69, 9.17) is 39.5 Å². The highest BCUT2D eigenvalue weighted by Crippen LogP contribution is 2.35. The van der Waals surface area contributed by atoms with Gasteiger partial charge in [-0.15, -0.1) is 0 Å². The molecule has 0 saturated heterocycles. The number of phenolic OH excluding ortho intramolecular Hbond substituents is 1. The number of ether oxygens (including phenoxy) is 1. The lowest BCUT2D eigenvalue weighted by atomic mass is 10.1. The maximum absolute atomic E-state index is 12.9. The van der Waals surface area contributed by atoms with Crippen molar-refractivity contribution < 1.29 is 27.9 Å². The Labute approximate surface area is 235 Å². The number of aryl methyl sites for hydroxylation is 1. The summed E-state index contributed by atoms with van der Waals surface area (Å²) < 4.78 is 33.0. The van der Waals surface area contributed by atoms with Crippen LogP contribution in [0.1, 0.15) is 29.3 Å². The molecule has 0 aromatic heterocycles. The van der Waals surface area contributed by atoms with Crippen molar-refractivity contribution in [2.75, 3.05) is 17.7 Å². The fourth-order valence-electron chi connectivity index (χ4n) is 3.36. The Balaban J connectivity index is 1.75. The number of aromatic hydroxyl groups is 1. The molecule has 202 valence electrons. The van der Waals surface area contributed by atoms with E-state index in [1.807, 2.05) is 6.92 Å². The van der Waals surface area contributed by atoms with E-state index in [0.29, 0.717) is 5.75 Å². The molecule has 0 saturated carbocycles. The molecule has 3 aromatic rings. The molecule has 3 rings (SSSR count). The van der Waals surface area contributed by atoms with Gasteiger partial charge in [0, 0.05) is 6.07 Å². The molecular formula is C25H24Cl3N3O6S. The fraction of sp³-hybridized carbons (Fsp3) is 0.200. The van der Waals surface area contributed by atoms with E-state index in [1.54, 1.807) is 25.1 Å². The van der Waals surface area contributed by atoms with Crippen LogP contribution in [0.5, 0.6) is 11.5 Å². The summed E-state index contributed by atoms with van der Waals surface area (Å²) in [6, 6.07) is 10.00. The summed E-state index contributed by atoms with van der Waals surface area (Å²) >= 11 is 18.5. The third kappa shape index (κ3) is 6.89. The second kappa shape index (κ2) is 12.2. The van der Waals surface area contributed by atoms with E-state index in [1.165, 1.54) is 31.4 Å². The average Bonchev–Trinajstić information content (AvgIpc) is 2.85. The zero-order chi connectivity index (χ0) is 28.2. The van der Waals surface area contributed by atoms with Crippen LogP contribution in [0.4, 0.5) is 11.4 Å². The van der Waals surface area contributed by atoms with Gasteiger partial charge in [0.15, 0.2) is 0 Å². The smallest absolute Gasteiger partial charge is 0.257 e. The Bertz CT molecular complexity index is 1500. The van der Waals surface area contributed by atoms with Gasteiger partial charge in [0.25, 0.3) is 5.91 Å². The number of carbonyl (C=O) groups is 2. The van der Waals surface area contributed by atoms with Crippen molar-refractivity contribution in [3.8, 4) is 11.5 Å². The number of carbonyl (C=O) groups excluding carboxylic acids is 2. The second-order valence-corrected chi connectivity index (χ2v) is 11.1.